The van der Waals surface area contributed by atoms with E-state index in [0.29, 0.717) is 5.92 Å². The van der Waals surface area contributed by atoms with Crippen molar-refractivity contribution in [1.29, 1.82) is 0 Å². The Balaban J connectivity index is 2.11. The molecule has 0 heterocycles. The molecular formula is C15H22FN. The number of aryl methyl sites for hydroxylation is 1. The normalized spacial score (nSPS) is 26.1. The van der Waals surface area contributed by atoms with E-state index in [1.54, 1.807) is 12.1 Å². The Morgan fingerprint density at radius 3 is 2.71 bits per heavy atom. The van der Waals surface area contributed by atoms with E-state index in [2.05, 4.69) is 6.92 Å². The minimum atomic E-state index is -0.166. The molecule has 0 saturated heterocycles. The summed E-state index contributed by atoms with van der Waals surface area (Å²) in [6, 6.07) is 5.17. The zero-order chi connectivity index (χ0) is 12.4. The Morgan fingerprint density at radius 2 is 2.12 bits per heavy atom. The lowest BCUT2D eigenvalue weighted by atomic mass is 9.90. The lowest BCUT2D eigenvalue weighted by Crippen LogP contribution is -2.19. The Labute approximate surface area is 103 Å². The highest BCUT2D eigenvalue weighted by Crippen LogP contribution is 2.39. The second kappa shape index (κ2) is 5.18. The summed E-state index contributed by atoms with van der Waals surface area (Å²) in [6.45, 7) is 4.16. The predicted octanol–water partition coefficient (Wildman–Crippen LogP) is 3.96. The Hall–Kier alpha value is -0.890. The molecule has 0 radical (unpaired) electrons. The summed E-state index contributed by atoms with van der Waals surface area (Å²) < 4.78 is 13.4. The molecule has 0 aromatic heterocycles. The molecule has 1 fully saturated rings. The molecule has 1 aliphatic rings. The van der Waals surface area contributed by atoms with Gasteiger partial charge in [0.25, 0.3) is 0 Å². The third kappa shape index (κ3) is 2.86. The number of nitrogens with two attached hydrogens (primary N) is 1. The lowest BCUT2D eigenvalue weighted by molar-refractivity contribution is 0.415. The van der Waals surface area contributed by atoms with Crippen LogP contribution in [0.2, 0.25) is 0 Å². The van der Waals surface area contributed by atoms with Crippen LogP contribution in [0.4, 0.5) is 4.39 Å². The van der Waals surface area contributed by atoms with Gasteiger partial charge >= 0.3 is 0 Å². The molecule has 1 aromatic rings. The highest BCUT2D eigenvalue weighted by molar-refractivity contribution is 5.26. The first-order chi connectivity index (χ1) is 8.10. The third-order valence-corrected chi connectivity index (χ3v) is 4.12. The van der Waals surface area contributed by atoms with Crippen molar-refractivity contribution in [2.75, 3.05) is 0 Å². The zero-order valence-corrected chi connectivity index (χ0v) is 10.7. The number of hydrogen-bond acceptors (Lipinski definition) is 1. The van der Waals surface area contributed by atoms with Crippen molar-refractivity contribution in [2.45, 2.75) is 45.6 Å². The van der Waals surface area contributed by atoms with Gasteiger partial charge < -0.3 is 5.73 Å². The Kier molecular flexibility index (Phi) is 3.82. The van der Waals surface area contributed by atoms with E-state index in [0.717, 1.165) is 17.0 Å². The summed E-state index contributed by atoms with van der Waals surface area (Å²) in [4.78, 5) is 0. The van der Waals surface area contributed by atoms with Crippen molar-refractivity contribution < 1.29 is 4.39 Å². The van der Waals surface area contributed by atoms with E-state index in [1.807, 2.05) is 13.0 Å². The summed E-state index contributed by atoms with van der Waals surface area (Å²) in [5.41, 5.74) is 8.21. The van der Waals surface area contributed by atoms with Crippen LogP contribution in [0.1, 0.15) is 49.8 Å². The minimum absolute atomic E-state index is 0.000880. The summed E-state index contributed by atoms with van der Waals surface area (Å²) >= 11 is 0. The van der Waals surface area contributed by atoms with Gasteiger partial charge in [-0.1, -0.05) is 25.8 Å². The van der Waals surface area contributed by atoms with Gasteiger partial charge in [-0.25, -0.2) is 4.39 Å². The van der Waals surface area contributed by atoms with Crippen LogP contribution in [0.5, 0.6) is 0 Å². The van der Waals surface area contributed by atoms with Gasteiger partial charge in [0.1, 0.15) is 5.82 Å². The summed E-state index contributed by atoms with van der Waals surface area (Å²) in [6.07, 6.45) is 4.91. The van der Waals surface area contributed by atoms with E-state index in [-0.39, 0.29) is 11.9 Å². The van der Waals surface area contributed by atoms with Crippen LogP contribution < -0.4 is 5.73 Å². The number of rotatable bonds is 3. The fourth-order valence-electron chi connectivity index (χ4n) is 3.04. The maximum Gasteiger partial charge on any atom is 0.123 e. The van der Waals surface area contributed by atoms with Crippen LogP contribution in [0.25, 0.3) is 0 Å². The van der Waals surface area contributed by atoms with E-state index >= 15 is 0 Å². The maximum absolute atomic E-state index is 13.4. The monoisotopic (exact) mass is 235 g/mol. The molecule has 1 aliphatic carbocycles. The van der Waals surface area contributed by atoms with Gasteiger partial charge in [0.15, 0.2) is 0 Å². The number of halogens is 1. The molecule has 1 nitrogen and oxygen atoms in total. The van der Waals surface area contributed by atoms with Crippen molar-refractivity contribution in [3.8, 4) is 0 Å². The van der Waals surface area contributed by atoms with Gasteiger partial charge in [-0.2, -0.15) is 0 Å². The molecule has 3 atom stereocenters. The number of hydrogen-bond donors (Lipinski definition) is 1. The quantitative estimate of drug-likeness (QED) is 0.843. The Bertz CT molecular complexity index is 368. The molecule has 2 rings (SSSR count). The average Bonchev–Trinajstić information content (AvgIpc) is 2.75. The van der Waals surface area contributed by atoms with Crippen LogP contribution >= 0.6 is 0 Å². The maximum atomic E-state index is 13.4. The Morgan fingerprint density at radius 1 is 1.35 bits per heavy atom. The van der Waals surface area contributed by atoms with E-state index in [9.17, 15) is 4.39 Å². The van der Waals surface area contributed by atoms with Gasteiger partial charge in [0.05, 0.1) is 0 Å². The fourth-order valence-corrected chi connectivity index (χ4v) is 3.04. The third-order valence-electron chi connectivity index (χ3n) is 4.12. The fraction of sp³-hybridized carbons (Fsp3) is 0.600. The average molecular weight is 235 g/mol. The van der Waals surface area contributed by atoms with Crippen molar-refractivity contribution in [3.05, 3.63) is 35.1 Å². The van der Waals surface area contributed by atoms with Crippen molar-refractivity contribution in [2.24, 2.45) is 17.6 Å². The molecule has 94 valence electrons. The van der Waals surface area contributed by atoms with Crippen LogP contribution in [-0.4, -0.2) is 0 Å². The molecule has 0 bridgehead atoms. The molecule has 0 aliphatic heterocycles. The molecule has 2 heteroatoms. The van der Waals surface area contributed by atoms with Crippen LogP contribution in [0.15, 0.2) is 18.2 Å². The van der Waals surface area contributed by atoms with Gasteiger partial charge in [-0.15, -0.1) is 0 Å². The first-order valence-electron chi connectivity index (χ1n) is 6.62. The lowest BCUT2D eigenvalue weighted by Gasteiger charge is -2.20. The minimum Gasteiger partial charge on any atom is -0.324 e. The molecule has 17 heavy (non-hydrogen) atoms. The smallest absolute Gasteiger partial charge is 0.123 e. The van der Waals surface area contributed by atoms with Crippen LogP contribution in [0.3, 0.4) is 0 Å². The highest BCUT2D eigenvalue weighted by Gasteiger charge is 2.28. The van der Waals surface area contributed by atoms with Gasteiger partial charge in [-0.05, 0) is 54.9 Å². The SMILES string of the molecule is CCC1CCC(C(N)c2cc(C)cc(F)c2)C1. The molecule has 3 unspecified atom stereocenters. The zero-order valence-electron chi connectivity index (χ0n) is 10.7. The number of benzene rings is 1. The molecule has 0 spiro atoms. The van der Waals surface area contributed by atoms with E-state index in [4.69, 9.17) is 5.73 Å². The topological polar surface area (TPSA) is 26.0 Å². The van der Waals surface area contributed by atoms with Crippen molar-refractivity contribution in [3.63, 3.8) is 0 Å². The first kappa shape index (κ1) is 12.6. The summed E-state index contributed by atoms with van der Waals surface area (Å²) in [7, 11) is 0. The van der Waals surface area contributed by atoms with Crippen LogP contribution in [-0.2, 0) is 0 Å². The van der Waals surface area contributed by atoms with Crippen molar-refractivity contribution >= 4 is 0 Å². The second-order valence-electron chi connectivity index (χ2n) is 5.44. The standard InChI is InChI=1S/C15H22FN/c1-3-11-4-5-12(8-11)15(17)13-6-10(2)7-14(16)9-13/h6-7,9,11-12,15H,3-5,8,17H2,1-2H3. The molecule has 0 amide bonds. The van der Waals surface area contributed by atoms with Gasteiger partial charge in [0, 0.05) is 6.04 Å². The molecule has 1 saturated carbocycles. The molecular weight excluding hydrogens is 213 g/mol. The first-order valence-corrected chi connectivity index (χ1v) is 6.62. The van der Waals surface area contributed by atoms with Crippen molar-refractivity contribution in [1.82, 2.24) is 0 Å². The second-order valence-corrected chi connectivity index (χ2v) is 5.44. The summed E-state index contributed by atoms with van der Waals surface area (Å²) in [5, 5.41) is 0. The molecule has 1 aromatic carbocycles. The van der Waals surface area contributed by atoms with E-state index < -0.39 is 0 Å². The van der Waals surface area contributed by atoms with Gasteiger partial charge in [0.2, 0.25) is 0 Å². The largest absolute Gasteiger partial charge is 0.324 e. The van der Waals surface area contributed by atoms with Crippen LogP contribution in [0, 0.1) is 24.6 Å². The predicted molar refractivity (Wildman–Crippen MR) is 69.2 cm³/mol. The van der Waals surface area contributed by atoms with Gasteiger partial charge in [-0.3, -0.25) is 0 Å². The molecule has 2 N–H and O–H groups in total. The van der Waals surface area contributed by atoms with E-state index in [1.165, 1.54) is 25.7 Å². The summed E-state index contributed by atoms with van der Waals surface area (Å²) in [5.74, 6) is 1.18. The highest BCUT2D eigenvalue weighted by atomic mass is 19.1.